The number of hydrogen-bond acceptors (Lipinski definition) is 4. The van der Waals surface area contributed by atoms with E-state index < -0.39 is 0 Å². The van der Waals surface area contributed by atoms with E-state index in [1.807, 2.05) is 23.7 Å². The van der Waals surface area contributed by atoms with Crippen molar-refractivity contribution in [1.82, 2.24) is 14.6 Å². The van der Waals surface area contributed by atoms with E-state index in [4.69, 9.17) is 5.73 Å². The lowest BCUT2D eigenvalue weighted by Crippen LogP contribution is -2.39. The molecule has 0 amide bonds. The average molecular weight is 231 g/mol. The van der Waals surface area contributed by atoms with E-state index in [0.29, 0.717) is 5.95 Å². The average Bonchev–Trinajstić information content (AvgIpc) is 2.65. The minimum Gasteiger partial charge on any atom is -0.368 e. The van der Waals surface area contributed by atoms with Gasteiger partial charge >= 0.3 is 0 Å². The maximum absolute atomic E-state index is 6.00. The monoisotopic (exact) mass is 231 g/mol. The molecule has 3 heterocycles. The van der Waals surface area contributed by atoms with Crippen LogP contribution in [0.15, 0.2) is 12.1 Å². The van der Waals surface area contributed by atoms with Gasteiger partial charge in [0, 0.05) is 18.8 Å². The van der Waals surface area contributed by atoms with Crippen LogP contribution in [0.1, 0.15) is 25.0 Å². The number of nitrogens with zero attached hydrogens (tertiary/aromatic N) is 4. The molecule has 3 rings (SSSR count). The molecule has 5 nitrogen and oxygen atoms in total. The van der Waals surface area contributed by atoms with E-state index in [9.17, 15) is 0 Å². The third kappa shape index (κ3) is 1.71. The van der Waals surface area contributed by atoms with Crippen molar-refractivity contribution >= 4 is 17.1 Å². The molecule has 1 aliphatic heterocycles. The van der Waals surface area contributed by atoms with Gasteiger partial charge in [0.05, 0.1) is 0 Å². The number of aryl methyl sites for hydroxylation is 1. The molecule has 90 valence electrons. The Hall–Kier alpha value is -1.78. The molecule has 0 atom stereocenters. The van der Waals surface area contributed by atoms with Crippen LogP contribution < -0.4 is 10.7 Å². The molecular formula is C12H17N5. The molecule has 0 aromatic carbocycles. The number of fused-ring (bicyclic) bond motifs is 1. The van der Waals surface area contributed by atoms with Crippen LogP contribution in [-0.2, 0) is 0 Å². The topological polar surface area (TPSA) is 60.0 Å². The Kier molecular flexibility index (Phi) is 2.39. The molecule has 0 spiro atoms. The Morgan fingerprint density at radius 3 is 2.65 bits per heavy atom. The van der Waals surface area contributed by atoms with Gasteiger partial charge in [0.1, 0.15) is 5.52 Å². The van der Waals surface area contributed by atoms with Crippen LogP contribution in [0, 0.1) is 6.92 Å². The highest BCUT2D eigenvalue weighted by Gasteiger charge is 2.17. The van der Waals surface area contributed by atoms with Crippen molar-refractivity contribution < 1.29 is 0 Å². The van der Waals surface area contributed by atoms with Crippen molar-refractivity contribution in [2.45, 2.75) is 26.2 Å². The molecular weight excluding hydrogens is 214 g/mol. The Morgan fingerprint density at radius 2 is 1.88 bits per heavy atom. The zero-order valence-electron chi connectivity index (χ0n) is 10.1. The van der Waals surface area contributed by atoms with Crippen LogP contribution in [0.25, 0.3) is 11.2 Å². The van der Waals surface area contributed by atoms with Gasteiger partial charge in [0.25, 0.3) is 0 Å². The maximum Gasteiger partial charge on any atom is 0.222 e. The Bertz CT molecular complexity index is 539. The van der Waals surface area contributed by atoms with E-state index in [1.54, 1.807) is 0 Å². The number of aromatic nitrogens is 3. The van der Waals surface area contributed by atoms with Gasteiger partial charge in [-0.05, 0) is 38.3 Å². The summed E-state index contributed by atoms with van der Waals surface area (Å²) >= 11 is 0. The molecule has 2 N–H and O–H groups in total. The third-order valence-electron chi connectivity index (χ3n) is 3.26. The van der Waals surface area contributed by atoms with E-state index in [1.165, 1.54) is 19.3 Å². The first-order valence-electron chi connectivity index (χ1n) is 6.12. The number of pyridine rings is 1. The van der Waals surface area contributed by atoms with Crippen LogP contribution in [0.2, 0.25) is 0 Å². The van der Waals surface area contributed by atoms with Crippen LogP contribution in [0.4, 0.5) is 5.95 Å². The first-order valence-corrected chi connectivity index (χ1v) is 6.12. The van der Waals surface area contributed by atoms with E-state index in [0.717, 1.165) is 29.9 Å². The van der Waals surface area contributed by atoms with Crippen LogP contribution in [0.5, 0.6) is 0 Å². The van der Waals surface area contributed by atoms with Gasteiger partial charge in [-0.25, -0.2) is 14.6 Å². The predicted molar refractivity (Wildman–Crippen MR) is 68.5 cm³/mol. The largest absolute Gasteiger partial charge is 0.368 e. The molecule has 5 heteroatoms. The van der Waals surface area contributed by atoms with Crippen molar-refractivity contribution in [3.63, 3.8) is 0 Å². The van der Waals surface area contributed by atoms with Crippen molar-refractivity contribution in [1.29, 1.82) is 0 Å². The van der Waals surface area contributed by atoms with E-state index >= 15 is 0 Å². The summed E-state index contributed by atoms with van der Waals surface area (Å²) in [6.45, 7) is 4.06. The van der Waals surface area contributed by atoms with Gasteiger partial charge in [-0.2, -0.15) is 0 Å². The van der Waals surface area contributed by atoms with Crippen molar-refractivity contribution in [3.8, 4) is 0 Å². The zero-order valence-corrected chi connectivity index (χ0v) is 10.1. The second-order valence-electron chi connectivity index (χ2n) is 4.59. The quantitative estimate of drug-likeness (QED) is 0.807. The second-order valence-corrected chi connectivity index (χ2v) is 4.59. The summed E-state index contributed by atoms with van der Waals surface area (Å²) in [4.78, 5) is 8.92. The van der Waals surface area contributed by atoms with Crippen LogP contribution in [0.3, 0.4) is 0 Å². The fraction of sp³-hybridized carbons (Fsp3) is 0.500. The molecule has 1 aliphatic rings. The maximum atomic E-state index is 6.00. The number of hydrogen-bond donors (Lipinski definition) is 1. The van der Waals surface area contributed by atoms with Gasteiger partial charge in [-0.3, -0.25) is 0 Å². The Morgan fingerprint density at radius 1 is 1.12 bits per heavy atom. The van der Waals surface area contributed by atoms with Crippen molar-refractivity contribution in [2.75, 3.05) is 23.8 Å². The van der Waals surface area contributed by atoms with E-state index in [2.05, 4.69) is 15.0 Å². The van der Waals surface area contributed by atoms with Gasteiger partial charge in [0.2, 0.25) is 5.95 Å². The molecule has 1 saturated heterocycles. The summed E-state index contributed by atoms with van der Waals surface area (Å²) in [5.41, 5.74) is 8.75. The summed E-state index contributed by atoms with van der Waals surface area (Å²) < 4.78 is 1.97. The molecule has 0 saturated carbocycles. The van der Waals surface area contributed by atoms with Crippen LogP contribution in [-0.4, -0.2) is 27.7 Å². The molecule has 17 heavy (non-hydrogen) atoms. The van der Waals surface area contributed by atoms with Crippen molar-refractivity contribution in [2.24, 2.45) is 0 Å². The second kappa shape index (κ2) is 3.91. The number of anilines is 1. The van der Waals surface area contributed by atoms with Crippen molar-refractivity contribution in [3.05, 3.63) is 17.8 Å². The SMILES string of the molecule is Cc1ccc2nc(N)n(N3CCCCC3)c2n1. The van der Waals surface area contributed by atoms with Gasteiger partial charge < -0.3 is 10.7 Å². The standard InChI is InChI=1S/C12H17N5/c1-9-5-6-10-11(14-9)17(12(13)15-10)16-7-3-2-4-8-16/h5-6H,2-4,7-8H2,1H3,(H2,13,15). The normalized spacial score (nSPS) is 16.6. The van der Waals surface area contributed by atoms with Gasteiger partial charge in [-0.1, -0.05) is 0 Å². The number of rotatable bonds is 1. The Labute approximate surface area is 100 Å². The van der Waals surface area contributed by atoms with E-state index in [-0.39, 0.29) is 0 Å². The van der Waals surface area contributed by atoms with Gasteiger partial charge in [0.15, 0.2) is 5.65 Å². The minimum absolute atomic E-state index is 0.542. The Balaban J connectivity index is 2.13. The number of imidazole rings is 1. The lowest BCUT2D eigenvalue weighted by Gasteiger charge is -2.30. The molecule has 0 unspecified atom stereocenters. The molecule has 2 aromatic rings. The molecule has 2 aromatic heterocycles. The third-order valence-corrected chi connectivity index (χ3v) is 3.26. The summed E-state index contributed by atoms with van der Waals surface area (Å²) in [6, 6.07) is 3.95. The highest BCUT2D eigenvalue weighted by Crippen LogP contribution is 2.19. The number of nitrogens with two attached hydrogens (primary N) is 1. The summed E-state index contributed by atoms with van der Waals surface area (Å²) in [5.74, 6) is 0.542. The number of piperidine rings is 1. The smallest absolute Gasteiger partial charge is 0.222 e. The molecule has 0 radical (unpaired) electrons. The van der Waals surface area contributed by atoms with Gasteiger partial charge in [-0.15, -0.1) is 0 Å². The summed E-state index contributed by atoms with van der Waals surface area (Å²) in [7, 11) is 0. The predicted octanol–water partition coefficient (Wildman–Crippen LogP) is 1.44. The summed E-state index contributed by atoms with van der Waals surface area (Å²) in [6.07, 6.45) is 3.73. The molecule has 0 bridgehead atoms. The fourth-order valence-corrected chi connectivity index (χ4v) is 2.41. The lowest BCUT2D eigenvalue weighted by atomic mass is 10.2. The molecule has 0 aliphatic carbocycles. The highest BCUT2D eigenvalue weighted by molar-refractivity contribution is 5.74. The van der Waals surface area contributed by atoms with Crippen LogP contribution >= 0.6 is 0 Å². The zero-order chi connectivity index (χ0) is 11.8. The first kappa shape index (κ1) is 10.4. The highest BCUT2D eigenvalue weighted by atomic mass is 15.6. The fourth-order valence-electron chi connectivity index (χ4n) is 2.41. The lowest BCUT2D eigenvalue weighted by molar-refractivity contribution is 0.487. The summed E-state index contributed by atoms with van der Waals surface area (Å²) in [5, 5.41) is 2.25. The minimum atomic E-state index is 0.542. The number of nitrogen functional groups attached to an aromatic ring is 1. The first-order chi connectivity index (χ1) is 8.25. The molecule has 1 fully saturated rings.